The number of aliphatic hydroxyl groups excluding tert-OH is 1. The molecule has 0 spiro atoms. The molecule has 1 aromatic heterocycles. The Morgan fingerprint density at radius 1 is 0.709 bits per heavy atom. The molecule has 0 saturated heterocycles. The number of hydrogen-bond acceptors (Lipinski definition) is 16. The Labute approximate surface area is 533 Å². The van der Waals surface area contributed by atoms with E-state index in [1.54, 1.807) is 119 Å². The highest BCUT2D eigenvalue weighted by molar-refractivity contribution is 8.02. The second-order valence-electron chi connectivity index (χ2n) is 21.7. The number of thiocarbonyl (C=S) groups is 4. The molecule has 1 aliphatic heterocycles. The van der Waals surface area contributed by atoms with E-state index in [2.05, 4.69) is 63.8 Å². The third-order valence-corrected chi connectivity index (χ3v) is 17.0. The lowest BCUT2D eigenvalue weighted by Crippen LogP contribution is -2.61. The number of amides is 8. The molecule has 1 aromatic carbocycles. The van der Waals surface area contributed by atoms with Crippen molar-refractivity contribution >= 4 is 145 Å². The summed E-state index contributed by atoms with van der Waals surface area (Å²) in [7, 11) is 3.38. The van der Waals surface area contributed by atoms with Crippen molar-refractivity contribution in [2.24, 2.45) is 25.9 Å². The molecule has 3 rings (SSSR count). The summed E-state index contributed by atoms with van der Waals surface area (Å²) in [6.07, 6.45) is 5.36. The average molecular weight is 1310 g/mol. The van der Waals surface area contributed by atoms with Crippen molar-refractivity contribution in [3.8, 4) is 0 Å². The van der Waals surface area contributed by atoms with Gasteiger partial charge in [-0.1, -0.05) is 114 Å². The van der Waals surface area contributed by atoms with Crippen molar-refractivity contribution in [3.05, 3.63) is 65.7 Å². The van der Waals surface area contributed by atoms with Gasteiger partial charge in [0.05, 0.1) is 58.2 Å². The lowest BCUT2D eigenvalue weighted by molar-refractivity contribution is -0.671. The van der Waals surface area contributed by atoms with E-state index < -0.39 is 137 Å². The molecular weight excluding hydrogens is 1220 g/mol. The zero-order valence-electron chi connectivity index (χ0n) is 50.9. The van der Waals surface area contributed by atoms with Crippen LogP contribution in [0.1, 0.15) is 99.9 Å². The topological polar surface area (TPSA) is 327 Å². The summed E-state index contributed by atoms with van der Waals surface area (Å²) in [5.41, 5.74) is 0.944. The number of imidazole rings is 1. The van der Waals surface area contributed by atoms with Gasteiger partial charge in [-0.2, -0.15) is 11.8 Å². The number of benzene rings is 1. The lowest BCUT2D eigenvalue weighted by atomic mass is 10.0. The fourth-order valence-electron chi connectivity index (χ4n) is 8.43. The van der Waals surface area contributed by atoms with Gasteiger partial charge in [0.25, 0.3) is 5.91 Å². The molecule has 24 nitrogen and oxygen atoms in total. The number of nitrogens with one attached hydrogen (secondary N) is 12. The molecule has 0 saturated carbocycles. The number of ketones is 1. The van der Waals surface area contributed by atoms with Gasteiger partial charge in [0, 0.05) is 24.8 Å². The van der Waals surface area contributed by atoms with Crippen LogP contribution in [0.5, 0.6) is 0 Å². The third kappa shape index (κ3) is 23.2. The predicted octanol–water partition coefficient (Wildman–Crippen LogP) is 0.138. The van der Waals surface area contributed by atoms with Crippen molar-refractivity contribution < 1.29 is 52.8 Å². The fourth-order valence-corrected chi connectivity index (χ4v) is 10.9. The van der Waals surface area contributed by atoms with E-state index in [1.165, 1.54) is 32.4 Å². The number of Topliss-reactive ketones (excluding diaryl/α,β-unsaturated/α-hetero) is 1. The van der Waals surface area contributed by atoms with Crippen LogP contribution in [0.15, 0.2) is 54.5 Å². The van der Waals surface area contributed by atoms with Crippen LogP contribution in [-0.2, 0) is 63.7 Å². The first kappa shape index (κ1) is 74.1. The van der Waals surface area contributed by atoms with Crippen LogP contribution in [0.4, 0.5) is 0 Å². The Kier molecular flexibility index (Phi) is 30.6. The van der Waals surface area contributed by atoms with E-state index >= 15 is 0 Å². The van der Waals surface area contributed by atoms with Gasteiger partial charge >= 0.3 is 0 Å². The highest BCUT2D eigenvalue weighted by atomic mass is 32.2. The van der Waals surface area contributed by atoms with Crippen LogP contribution in [0, 0.1) is 11.8 Å². The largest absolute Gasteiger partial charge is 0.382 e. The summed E-state index contributed by atoms with van der Waals surface area (Å²) in [5, 5.41) is 46.4. The molecule has 13 atom stereocenters. The highest BCUT2D eigenvalue weighted by Crippen LogP contribution is 2.20. The molecular formula is C56H85N14O10S6+. The summed E-state index contributed by atoms with van der Waals surface area (Å²) in [6, 6.07) is -2.30. The molecule has 13 N–H and O–H groups in total. The number of rotatable bonds is 23. The second kappa shape index (κ2) is 35.6. The molecule has 2 heterocycles. The van der Waals surface area contributed by atoms with Crippen LogP contribution in [0.3, 0.4) is 0 Å². The zero-order chi connectivity index (χ0) is 64.9. The lowest BCUT2D eigenvalue weighted by Gasteiger charge is -2.30. The van der Waals surface area contributed by atoms with E-state index in [4.69, 9.17) is 48.9 Å². The minimum absolute atomic E-state index is 0.0247. The Balaban J connectivity index is 1.79. The first-order valence-electron chi connectivity index (χ1n) is 28.0. The molecule has 0 radical (unpaired) electrons. The first-order valence-corrected chi connectivity index (χ1v) is 31.9. The van der Waals surface area contributed by atoms with Gasteiger partial charge in [-0.05, 0) is 75.9 Å². The van der Waals surface area contributed by atoms with Gasteiger partial charge in [0.15, 0.2) is 5.69 Å². The van der Waals surface area contributed by atoms with Gasteiger partial charge in [-0.3, -0.25) is 43.2 Å². The minimum Gasteiger partial charge on any atom is -0.382 e. The number of aliphatic hydroxyl groups is 1. The molecule has 30 heteroatoms. The maximum Gasteiger partial charge on any atom is 0.287 e. The summed E-state index contributed by atoms with van der Waals surface area (Å²) in [5.74, 6) is -6.36. The van der Waals surface area contributed by atoms with Gasteiger partial charge in [-0.25, -0.2) is 9.13 Å². The Hall–Kier alpha value is -6.18. The summed E-state index contributed by atoms with van der Waals surface area (Å²) >= 11 is 25.4. The molecule has 11 unspecified atom stereocenters. The Bertz CT molecular complexity index is 2820. The van der Waals surface area contributed by atoms with Crippen molar-refractivity contribution in [2.75, 3.05) is 12.0 Å². The van der Waals surface area contributed by atoms with E-state index in [9.17, 15) is 48.3 Å². The van der Waals surface area contributed by atoms with Gasteiger partial charge in [0.2, 0.25) is 53.5 Å². The monoisotopic (exact) mass is 1310 g/mol. The number of carbonyl (C=O) groups excluding carboxylic acids is 9. The number of carbonyl (C=O) groups is 9. The summed E-state index contributed by atoms with van der Waals surface area (Å²) in [6.45, 7) is 17.8. The quantitative estimate of drug-likeness (QED) is 0.0400. The van der Waals surface area contributed by atoms with Gasteiger partial charge in [0.1, 0.15) is 54.6 Å². The SMILES string of the molecule is CSCCC(NC(=S)C(NC(=O)C(C)=O)C(C)C)C(=S)N[C@@H](C)C(=O)NC(C)C(=S)NC(C)C(=S)NC(C)C(=O)NC1C(=O)NC(C(C)C)C(=O)NC(C)C(=O)N[C@@H](Cc2ccccc2)C(=O)NC(C(O)c2c[n+](C)cn2C)C(=O)N/C=C\SC1C. The molecule has 0 bridgehead atoms. The van der Waals surface area contributed by atoms with E-state index in [0.717, 1.165) is 11.8 Å². The third-order valence-electron chi connectivity index (χ3n) is 13.7. The Morgan fingerprint density at radius 3 is 1.86 bits per heavy atom. The van der Waals surface area contributed by atoms with E-state index in [-0.39, 0.29) is 33.0 Å². The first-order chi connectivity index (χ1) is 40.3. The van der Waals surface area contributed by atoms with Crippen LogP contribution < -0.4 is 68.4 Å². The maximum absolute atomic E-state index is 14.4. The van der Waals surface area contributed by atoms with Crippen LogP contribution >= 0.6 is 72.4 Å². The number of hydrogen-bond donors (Lipinski definition) is 13. The average Bonchev–Trinajstić information content (AvgIpc) is 3.37. The molecule has 0 fully saturated rings. The van der Waals surface area contributed by atoms with Gasteiger partial charge < -0.3 is 68.9 Å². The normalized spacial score (nSPS) is 21.8. The van der Waals surface area contributed by atoms with Crippen LogP contribution in [0.25, 0.3) is 0 Å². The van der Waals surface area contributed by atoms with Crippen LogP contribution in [-0.4, -0.2) is 166 Å². The number of aromatic nitrogens is 2. The molecule has 0 aliphatic carbocycles. The summed E-state index contributed by atoms with van der Waals surface area (Å²) < 4.78 is 3.24. The fraction of sp³-hybridized carbons (Fsp3) is 0.571. The zero-order valence-corrected chi connectivity index (χ0v) is 55.8. The highest BCUT2D eigenvalue weighted by Gasteiger charge is 2.38. The van der Waals surface area contributed by atoms with Crippen LogP contribution in [0.2, 0.25) is 0 Å². The number of nitrogens with zero attached hydrogens (tertiary/aromatic N) is 2. The van der Waals surface area contributed by atoms with E-state index in [0.29, 0.717) is 22.7 Å². The van der Waals surface area contributed by atoms with Crippen molar-refractivity contribution in [2.45, 2.75) is 167 Å². The van der Waals surface area contributed by atoms with E-state index in [1.807, 2.05) is 20.1 Å². The second-order valence-corrected chi connectivity index (χ2v) is 25.8. The molecule has 2 aromatic rings. The van der Waals surface area contributed by atoms with Gasteiger partial charge in [-0.15, -0.1) is 11.8 Å². The number of thioether (sulfide) groups is 2. The van der Waals surface area contributed by atoms with Crippen molar-refractivity contribution in [3.63, 3.8) is 0 Å². The number of aryl methyl sites for hydroxylation is 2. The predicted molar refractivity (Wildman–Crippen MR) is 349 cm³/mol. The Morgan fingerprint density at radius 2 is 1.29 bits per heavy atom. The maximum atomic E-state index is 14.4. The smallest absolute Gasteiger partial charge is 0.287 e. The standard InChI is InChI=1S/C56H84N14O10S6/c1-27(2)40-51(79)58-29(5)46(74)63-38(24-36-18-16-15-17-19-36)49(77)68-43(44(72)39-25-69(12)26-70(39)13)50(78)57-21-23-86-35(11)42(52(80)65-40)67-47(75)31(7)60-54(82)33(9)62-53(81)32(8)59-45(73)30(6)61-55(83)37(20-22-85-14)64-56(84)41(28(3)4)66-48(76)34(10)71/h15-19,21,23,25-33,35,37-38,40-44,72H,20,22,24H2,1-14H3,(H11-,57,58,59,60,61,62,63,64,65,66,67,68,73,74,75,76,77,78,79,80,81,82,83,84)/p+1/b23-21-/t29?,30-,31?,32?,33?,35?,37?,38-,40?,41?,42?,43?,44?/m0/s1. The van der Waals surface area contributed by atoms with Crippen molar-refractivity contribution in [1.29, 1.82) is 0 Å². The van der Waals surface area contributed by atoms with Crippen molar-refractivity contribution in [1.82, 2.24) is 68.4 Å². The molecule has 8 amide bonds. The molecule has 1 aliphatic rings. The molecule has 86 heavy (non-hydrogen) atoms. The summed E-state index contributed by atoms with van der Waals surface area (Å²) in [4.78, 5) is 123. The molecule has 474 valence electrons. The minimum atomic E-state index is -1.60.